The smallest absolute Gasteiger partial charge is 0.255 e. The van der Waals surface area contributed by atoms with Crippen LogP contribution in [0.3, 0.4) is 0 Å². The first kappa shape index (κ1) is 17.8. The van der Waals surface area contributed by atoms with E-state index in [0.717, 1.165) is 24.5 Å². The van der Waals surface area contributed by atoms with Crippen LogP contribution in [0.4, 0.5) is 0 Å². The molecule has 1 saturated carbocycles. The molecule has 1 aromatic rings. The number of nitrogens with zero attached hydrogens (tertiary/aromatic N) is 3. The quantitative estimate of drug-likeness (QED) is 0.856. The lowest BCUT2D eigenvalue weighted by atomic mass is 9.86. The van der Waals surface area contributed by atoms with Crippen LogP contribution in [0, 0.1) is 5.92 Å². The number of carbonyl (C=O) groups is 1. The molecule has 0 bridgehead atoms. The van der Waals surface area contributed by atoms with Gasteiger partial charge in [0.2, 0.25) is 0 Å². The van der Waals surface area contributed by atoms with Crippen molar-refractivity contribution in [3.8, 4) is 0 Å². The van der Waals surface area contributed by atoms with Crippen LogP contribution >= 0.6 is 11.3 Å². The predicted octanol–water partition coefficient (Wildman–Crippen LogP) is 2.51. The van der Waals surface area contributed by atoms with Crippen molar-refractivity contribution in [2.75, 3.05) is 26.7 Å². The number of hydrogen-bond donors (Lipinski definition) is 1. The second-order valence-corrected chi connectivity index (χ2v) is 8.47. The number of hydrogen-bond acceptors (Lipinski definition) is 5. The molecule has 0 aromatic carbocycles. The Morgan fingerprint density at radius 1 is 1.38 bits per heavy atom. The van der Waals surface area contributed by atoms with E-state index in [-0.39, 0.29) is 5.91 Å². The lowest BCUT2D eigenvalue weighted by molar-refractivity contribution is -0.160. The van der Waals surface area contributed by atoms with E-state index in [1.165, 1.54) is 32.1 Å². The van der Waals surface area contributed by atoms with Crippen molar-refractivity contribution < 1.29 is 9.90 Å². The maximum atomic E-state index is 12.9. The minimum atomic E-state index is -1.24. The Balaban J connectivity index is 1.57. The van der Waals surface area contributed by atoms with Crippen LogP contribution in [-0.4, -0.2) is 58.1 Å². The van der Waals surface area contributed by atoms with Gasteiger partial charge in [0.15, 0.2) is 5.60 Å². The summed E-state index contributed by atoms with van der Waals surface area (Å²) in [5.41, 5.74) is -1.24. The van der Waals surface area contributed by atoms with Gasteiger partial charge in [0.05, 0.1) is 6.54 Å². The van der Waals surface area contributed by atoms with Gasteiger partial charge in [-0.2, -0.15) is 0 Å². The number of rotatable bonds is 6. The molecule has 1 aliphatic heterocycles. The molecule has 2 aliphatic rings. The summed E-state index contributed by atoms with van der Waals surface area (Å²) in [6.07, 6.45) is 9.60. The Labute approximate surface area is 148 Å². The van der Waals surface area contributed by atoms with E-state index in [1.807, 2.05) is 22.2 Å². The molecule has 5 nitrogen and oxygen atoms in total. The molecule has 24 heavy (non-hydrogen) atoms. The van der Waals surface area contributed by atoms with Gasteiger partial charge in [-0.25, -0.2) is 4.98 Å². The van der Waals surface area contributed by atoms with Crippen molar-refractivity contribution in [3.05, 3.63) is 16.6 Å². The second kappa shape index (κ2) is 7.93. The van der Waals surface area contributed by atoms with Gasteiger partial charge in [0.25, 0.3) is 5.91 Å². The van der Waals surface area contributed by atoms with Gasteiger partial charge in [-0.05, 0) is 38.6 Å². The molecular formula is C18H29N3O2S. The Morgan fingerprint density at radius 2 is 2.17 bits per heavy atom. The first-order valence-corrected chi connectivity index (χ1v) is 10.0. The van der Waals surface area contributed by atoms with Crippen LogP contribution in [0.15, 0.2) is 11.6 Å². The highest BCUT2D eigenvalue weighted by molar-refractivity contribution is 7.09. The molecule has 1 atom stereocenters. The van der Waals surface area contributed by atoms with Crippen molar-refractivity contribution >= 4 is 17.2 Å². The topological polar surface area (TPSA) is 56.7 Å². The van der Waals surface area contributed by atoms with Crippen LogP contribution in [0.5, 0.6) is 0 Å². The minimum Gasteiger partial charge on any atom is -0.379 e. The van der Waals surface area contributed by atoms with E-state index >= 15 is 0 Å². The van der Waals surface area contributed by atoms with Gasteiger partial charge in [-0.3, -0.25) is 9.69 Å². The van der Waals surface area contributed by atoms with E-state index in [2.05, 4.69) is 4.98 Å². The second-order valence-electron chi connectivity index (χ2n) is 7.49. The zero-order chi connectivity index (χ0) is 17.0. The molecule has 6 heteroatoms. The highest BCUT2D eigenvalue weighted by Gasteiger charge is 2.43. The molecule has 1 amide bonds. The third kappa shape index (κ3) is 4.35. The number of likely N-dealkylation sites (tertiary alicyclic amines) is 1. The Hall–Kier alpha value is -0.980. The minimum absolute atomic E-state index is 0.0645. The van der Waals surface area contributed by atoms with Gasteiger partial charge in [-0.1, -0.05) is 19.3 Å². The molecule has 2 heterocycles. The van der Waals surface area contributed by atoms with Crippen LogP contribution < -0.4 is 0 Å². The predicted molar refractivity (Wildman–Crippen MR) is 95.8 cm³/mol. The summed E-state index contributed by atoms with van der Waals surface area (Å²) in [5, 5.41) is 14.0. The third-order valence-corrected chi connectivity index (χ3v) is 6.09. The molecule has 134 valence electrons. The number of amides is 1. The fourth-order valence-corrected chi connectivity index (χ4v) is 4.83. The molecule has 0 radical (unpaired) electrons. The lowest BCUT2D eigenvalue weighted by Crippen LogP contribution is -2.58. The number of aliphatic hydroxyl groups is 1. The van der Waals surface area contributed by atoms with Crippen molar-refractivity contribution in [2.24, 2.45) is 5.92 Å². The monoisotopic (exact) mass is 351 g/mol. The maximum Gasteiger partial charge on any atom is 0.255 e. The molecule has 1 saturated heterocycles. The van der Waals surface area contributed by atoms with E-state index in [9.17, 15) is 9.90 Å². The fraction of sp³-hybridized carbons (Fsp3) is 0.778. The van der Waals surface area contributed by atoms with Crippen molar-refractivity contribution in [1.29, 1.82) is 0 Å². The van der Waals surface area contributed by atoms with Gasteiger partial charge in [0.1, 0.15) is 5.01 Å². The van der Waals surface area contributed by atoms with Crippen LogP contribution in [-0.2, 0) is 11.3 Å². The third-order valence-electron chi connectivity index (χ3n) is 5.33. The van der Waals surface area contributed by atoms with Crippen molar-refractivity contribution in [1.82, 2.24) is 14.8 Å². The summed E-state index contributed by atoms with van der Waals surface area (Å²) < 4.78 is 0. The van der Waals surface area contributed by atoms with E-state index in [1.54, 1.807) is 17.5 Å². The maximum absolute atomic E-state index is 12.9. The molecule has 1 N–H and O–H groups in total. The van der Waals surface area contributed by atoms with Crippen LogP contribution in [0.25, 0.3) is 0 Å². The Kier molecular flexibility index (Phi) is 5.89. The first-order chi connectivity index (χ1) is 11.6. The molecule has 3 rings (SSSR count). The average Bonchev–Trinajstić information content (AvgIpc) is 3.06. The molecular weight excluding hydrogens is 322 g/mol. The number of likely N-dealkylation sites (N-methyl/N-ethyl adjacent to an activating group) is 1. The average molecular weight is 352 g/mol. The number of thiazole rings is 1. The summed E-state index contributed by atoms with van der Waals surface area (Å²) in [7, 11) is 1.95. The normalized spacial score (nSPS) is 26.3. The molecule has 1 aromatic heterocycles. The first-order valence-electron chi connectivity index (χ1n) is 9.15. The standard InChI is InChI=1S/C18H29N3O2S/c1-20(13-16-19-9-11-24-16)14-18(23)8-5-10-21(17(18)22)12-15-6-3-2-4-7-15/h9,11,15,23H,2-8,10,12-14H2,1H3/t18-/m0/s1. The van der Waals surface area contributed by atoms with Crippen LogP contribution in [0.2, 0.25) is 0 Å². The highest BCUT2D eigenvalue weighted by atomic mass is 32.1. The summed E-state index contributed by atoms with van der Waals surface area (Å²) in [5.74, 6) is 0.559. The number of aromatic nitrogens is 1. The van der Waals surface area contributed by atoms with Crippen molar-refractivity contribution in [3.63, 3.8) is 0 Å². The zero-order valence-electron chi connectivity index (χ0n) is 14.6. The number of piperidine rings is 1. The summed E-state index contributed by atoms with van der Waals surface area (Å²) in [4.78, 5) is 21.1. The van der Waals surface area contributed by atoms with E-state index in [4.69, 9.17) is 0 Å². The molecule has 1 aliphatic carbocycles. The lowest BCUT2D eigenvalue weighted by Gasteiger charge is -2.41. The molecule has 0 spiro atoms. The van der Waals surface area contributed by atoms with Gasteiger partial charge in [-0.15, -0.1) is 11.3 Å². The Bertz CT molecular complexity index is 530. The van der Waals surface area contributed by atoms with Gasteiger partial charge >= 0.3 is 0 Å². The van der Waals surface area contributed by atoms with Crippen molar-refractivity contribution in [2.45, 2.75) is 57.1 Å². The van der Waals surface area contributed by atoms with E-state index < -0.39 is 5.60 Å². The molecule has 2 fully saturated rings. The van der Waals surface area contributed by atoms with E-state index in [0.29, 0.717) is 25.4 Å². The Morgan fingerprint density at radius 3 is 2.88 bits per heavy atom. The summed E-state index contributed by atoms with van der Waals surface area (Å²) in [6.45, 7) is 2.69. The largest absolute Gasteiger partial charge is 0.379 e. The SMILES string of the molecule is CN(Cc1nccs1)C[C@@]1(O)CCCN(CC2CCCCC2)C1=O. The van der Waals surface area contributed by atoms with Crippen LogP contribution in [0.1, 0.15) is 50.0 Å². The zero-order valence-corrected chi connectivity index (χ0v) is 15.4. The summed E-state index contributed by atoms with van der Waals surface area (Å²) >= 11 is 1.61. The number of carbonyl (C=O) groups excluding carboxylic acids is 1. The molecule has 0 unspecified atom stereocenters. The highest BCUT2D eigenvalue weighted by Crippen LogP contribution is 2.29. The van der Waals surface area contributed by atoms with Gasteiger partial charge < -0.3 is 10.0 Å². The summed E-state index contributed by atoms with van der Waals surface area (Å²) in [6, 6.07) is 0. The fourth-order valence-electron chi connectivity index (χ4n) is 4.13. The van der Waals surface area contributed by atoms with Gasteiger partial charge in [0, 0.05) is 31.2 Å².